The predicted molar refractivity (Wildman–Crippen MR) is 86.9 cm³/mol. The molecule has 2 aromatic rings. The van der Waals surface area contributed by atoms with Gasteiger partial charge in [0.05, 0.1) is 0 Å². The molecule has 5 nitrogen and oxygen atoms in total. The Morgan fingerprint density at radius 2 is 2.09 bits per heavy atom. The van der Waals surface area contributed by atoms with Crippen LogP contribution in [0.15, 0.2) is 34.0 Å². The molecule has 2 amide bonds. The van der Waals surface area contributed by atoms with E-state index in [9.17, 15) is 9.59 Å². The summed E-state index contributed by atoms with van der Waals surface area (Å²) in [5, 5.41) is 1.73. The third-order valence-corrected chi connectivity index (χ3v) is 5.58. The Labute approximate surface area is 136 Å². The second kappa shape index (κ2) is 6.10. The summed E-state index contributed by atoms with van der Waals surface area (Å²) in [7, 11) is 0. The number of nitrogens with two attached hydrogens (primary N) is 1. The highest BCUT2D eigenvalue weighted by Crippen LogP contribution is 2.26. The van der Waals surface area contributed by atoms with Gasteiger partial charge < -0.3 is 10.6 Å². The number of benzene rings is 1. The van der Waals surface area contributed by atoms with Crippen LogP contribution in [0.1, 0.15) is 21.6 Å². The van der Waals surface area contributed by atoms with Gasteiger partial charge in [-0.2, -0.15) is 0 Å². The van der Waals surface area contributed by atoms with E-state index in [1.54, 1.807) is 5.38 Å². The van der Waals surface area contributed by atoms with E-state index in [2.05, 4.69) is 4.98 Å². The SMILES string of the molecule is CSc1nc(C(=O)N2Cc3ccccc3C[C@@H]2C(N)=O)cs1. The fourth-order valence-corrected chi connectivity index (χ4v) is 3.82. The van der Waals surface area contributed by atoms with Gasteiger partial charge in [-0.05, 0) is 17.4 Å². The Bertz CT molecular complexity index is 729. The average Bonchev–Trinajstić information content (AvgIpc) is 3.02. The third kappa shape index (κ3) is 2.74. The van der Waals surface area contributed by atoms with Crippen LogP contribution in [0.3, 0.4) is 0 Å². The predicted octanol–water partition coefficient (Wildman–Crippen LogP) is 1.92. The van der Waals surface area contributed by atoms with Crippen LogP contribution in [-0.4, -0.2) is 34.0 Å². The van der Waals surface area contributed by atoms with Crippen molar-refractivity contribution in [3.05, 3.63) is 46.5 Å². The minimum absolute atomic E-state index is 0.241. The zero-order valence-electron chi connectivity index (χ0n) is 12.0. The maximum absolute atomic E-state index is 12.7. The van der Waals surface area contributed by atoms with Crippen LogP contribution in [0.2, 0.25) is 0 Å². The molecule has 1 aliphatic rings. The molecule has 2 heterocycles. The molecular formula is C15H15N3O2S2. The van der Waals surface area contributed by atoms with Gasteiger partial charge >= 0.3 is 0 Å². The van der Waals surface area contributed by atoms with E-state index < -0.39 is 11.9 Å². The standard InChI is InChI=1S/C15H15N3O2S2/c1-21-15-17-11(8-22-15)14(20)18-7-10-5-3-2-4-9(10)6-12(18)13(16)19/h2-5,8,12H,6-7H2,1H3,(H2,16,19)/t12-/m1/s1. The largest absolute Gasteiger partial charge is 0.368 e. The van der Waals surface area contributed by atoms with E-state index >= 15 is 0 Å². The van der Waals surface area contributed by atoms with Gasteiger partial charge in [0.25, 0.3) is 5.91 Å². The van der Waals surface area contributed by atoms with E-state index in [1.807, 2.05) is 30.5 Å². The smallest absolute Gasteiger partial charge is 0.274 e. The quantitative estimate of drug-likeness (QED) is 0.871. The second-order valence-electron chi connectivity index (χ2n) is 5.03. The number of primary amides is 1. The van der Waals surface area contributed by atoms with Crippen molar-refractivity contribution in [1.82, 2.24) is 9.88 Å². The van der Waals surface area contributed by atoms with E-state index in [-0.39, 0.29) is 5.91 Å². The fourth-order valence-electron chi connectivity index (χ4n) is 2.59. The first-order valence-corrected chi connectivity index (χ1v) is 8.87. The van der Waals surface area contributed by atoms with Crippen LogP contribution in [0.5, 0.6) is 0 Å². The number of fused-ring (bicyclic) bond motifs is 1. The summed E-state index contributed by atoms with van der Waals surface area (Å²) in [6, 6.07) is 7.19. The molecule has 0 saturated carbocycles. The number of carbonyl (C=O) groups excluding carboxylic acids is 2. The zero-order valence-corrected chi connectivity index (χ0v) is 13.6. The molecule has 3 rings (SSSR count). The maximum Gasteiger partial charge on any atom is 0.274 e. The molecule has 1 atom stereocenters. The molecule has 1 aliphatic heterocycles. The minimum Gasteiger partial charge on any atom is -0.368 e. The van der Waals surface area contributed by atoms with Crippen LogP contribution < -0.4 is 5.73 Å². The van der Waals surface area contributed by atoms with Crippen molar-refractivity contribution < 1.29 is 9.59 Å². The Morgan fingerprint density at radius 3 is 2.73 bits per heavy atom. The summed E-state index contributed by atoms with van der Waals surface area (Å²) in [6.45, 7) is 0.384. The minimum atomic E-state index is -0.623. The molecule has 2 N–H and O–H groups in total. The summed E-state index contributed by atoms with van der Waals surface area (Å²) in [6.07, 6.45) is 2.37. The van der Waals surface area contributed by atoms with Gasteiger partial charge in [-0.25, -0.2) is 4.98 Å². The lowest BCUT2D eigenvalue weighted by molar-refractivity contribution is -0.122. The van der Waals surface area contributed by atoms with E-state index in [1.165, 1.54) is 28.0 Å². The molecule has 0 unspecified atom stereocenters. The number of rotatable bonds is 3. The Balaban J connectivity index is 1.93. The number of thiazole rings is 1. The number of hydrogen-bond acceptors (Lipinski definition) is 5. The van der Waals surface area contributed by atoms with Crippen LogP contribution >= 0.6 is 23.1 Å². The van der Waals surface area contributed by atoms with Crippen molar-refractivity contribution in [3.63, 3.8) is 0 Å². The normalized spacial score (nSPS) is 17.1. The van der Waals surface area contributed by atoms with Gasteiger partial charge in [-0.3, -0.25) is 9.59 Å². The summed E-state index contributed by atoms with van der Waals surface area (Å²) in [5.41, 5.74) is 8.00. The van der Waals surface area contributed by atoms with E-state index in [0.29, 0.717) is 18.7 Å². The van der Waals surface area contributed by atoms with Gasteiger partial charge in [-0.15, -0.1) is 11.3 Å². The number of aromatic nitrogens is 1. The number of nitrogens with zero attached hydrogens (tertiary/aromatic N) is 2. The fraction of sp³-hybridized carbons (Fsp3) is 0.267. The Morgan fingerprint density at radius 1 is 1.36 bits per heavy atom. The van der Waals surface area contributed by atoms with Crippen LogP contribution in [-0.2, 0) is 17.8 Å². The Hall–Kier alpha value is -1.86. The second-order valence-corrected chi connectivity index (χ2v) is 6.94. The van der Waals surface area contributed by atoms with Gasteiger partial charge in [-0.1, -0.05) is 36.0 Å². The molecule has 0 radical (unpaired) electrons. The highest BCUT2D eigenvalue weighted by molar-refractivity contribution is 8.00. The summed E-state index contributed by atoms with van der Waals surface area (Å²) in [4.78, 5) is 30.3. The molecule has 7 heteroatoms. The van der Waals surface area contributed by atoms with Gasteiger partial charge in [0.15, 0.2) is 0 Å². The maximum atomic E-state index is 12.7. The monoisotopic (exact) mass is 333 g/mol. The molecule has 0 fully saturated rings. The van der Waals surface area contributed by atoms with E-state index in [0.717, 1.165) is 15.5 Å². The summed E-state index contributed by atoms with van der Waals surface area (Å²) >= 11 is 2.92. The highest BCUT2D eigenvalue weighted by atomic mass is 32.2. The van der Waals surface area contributed by atoms with Crippen molar-refractivity contribution in [2.75, 3.05) is 6.26 Å². The molecule has 0 aliphatic carbocycles. The first-order chi connectivity index (χ1) is 10.6. The third-order valence-electron chi connectivity index (χ3n) is 3.71. The molecule has 0 bridgehead atoms. The molecule has 1 aromatic heterocycles. The number of amides is 2. The first-order valence-electron chi connectivity index (χ1n) is 6.76. The van der Waals surface area contributed by atoms with Crippen LogP contribution in [0, 0.1) is 0 Å². The van der Waals surface area contributed by atoms with Crippen molar-refractivity contribution in [2.24, 2.45) is 5.73 Å². The molecular weight excluding hydrogens is 318 g/mol. The van der Waals surface area contributed by atoms with Crippen molar-refractivity contribution >= 4 is 34.9 Å². The van der Waals surface area contributed by atoms with E-state index in [4.69, 9.17) is 5.73 Å². The topological polar surface area (TPSA) is 76.3 Å². The molecule has 0 spiro atoms. The summed E-state index contributed by atoms with van der Waals surface area (Å²) < 4.78 is 0.830. The molecule has 22 heavy (non-hydrogen) atoms. The highest BCUT2D eigenvalue weighted by Gasteiger charge is 2.34. The summed E-state index contributed by atoms with van der Waals surface area (Å²) in [5.74, 6) is -0.724. The van der Waals surface area contributed by atoms with Crippen molar-refractivity contribution in [2.45, 2.75) is 23.3 Å². The first kappa shape index (κ1) is 15.1. The van der Waals surface area contributed by atoms with Crippen LogP contribution in [0.25, 0.3) is 0 Å². The van der Waals surface area contributed by atoms with Crippen molar-refractivity contribution in [1.29, 1.82) is 0 Å². The lowest BCUT2D eigenvalue weighted by Crippen LogP contribution is -2.51. The lowest BCUT2D eigenvalue weighted by Gasteiger charge is -2.34. The number of hydrogen-bond donors (Lipinski definition) is 1. The van der Waals surface area contributed by atoms with Gasteiger partial charge in [0, 0.05) is 18.3 Å². The zero-order chi connectivity index (χ0) is 15.7. The van der Waals surface area contributed by atoms with Gasteiger partial charge in [0.2, 0.25) is 5.91 Å². The average molecular weight is 333 g/mol. The molecule has 1 aromatic carbocycles. The lowest BCUT2D eigenvalue weighted by atomic mass is 9.93. The van der Waals surface area contributed by atoms with Gasteiger partial charge in [0.1, 0.15) is 16.1 Å². The van der Waals surface area contributed by atoms with Crippen LogP contribution in [0.4, 0.5) is 0 Å². The van der Waals surface area contributed by atoms with Crippen molar-refractivity contribution in [3.8, 4) is 0 Å². The number of carbonyl (C=O) groups is 2. The molecule has 114 valence electrons. The Kier molecular flexibility index (Phi) is 4.17. The molecule has 0 saturated heterocycles. The number of thioether (sulfide) groups is 1.